The van der Waals surface area contributed by atoms with Crippen LogP contribution in [-0.2, 0) is 6.54 Å². The molecule has 1 aromatic carbocycles. The summed E-state index contributed by atoms with van der Waals surface area (Å²) in [4.78, 5) is 30.5. The molecule has 0 fully saturated rings. The molecular weight excluding hydrogens is 340 g/mol. The molecular formula is C13H11BrN4O3. The Balaban J connectivity index is 2.12. The van der Waals surface area contributed by atoms with Crippen LogP contribution in [0, 0.1) is 17.0 Å². The fourth-order valence-electron chi connectivity index (χ4n) is 1.61. The number of rotatable bonds is 4. The first-order valence-electron chi connectivity index (χ1n) is 5.97. The van der Waals surface area contributed by atoms with Gasteiger partial charge in [-0.2, -0.15) is 0 Å². The number of aromatic nitrogens is 2. The van der Waals surface area contributed by atoms with Crippen LogP contribution in [0.5, 0.6) is 0 Å². The highest BCUT2D eigenvalue weighted by molar-refractivity contribution is 9.10. The van der Waals surface area contributed by atoms with Gasteiger partial charge in [0.1, 0.15) is 4.47 Å². The topological polar surface area (TPSA) is 98.0 Å². The lowest BCUT2D eigenvalue weighted by Gasteiger charge is -2.06. The molecule has 0 radical (unpaired) electrons. The van der Waals surface area contributed by atoms with Crippen LogP contribution in [0.4, 0.5) is 5.69 Å². The molecule has 0 saturated carbocycles. The second kappa shape index (κ2) is 6.40. The summed E-state index contributed by atoms with van der Waals surface area (Å²) in [5.74, 6) is -0.423. The number of nitro benzene ring substituents is 1. The number of carbonyl (C=O) groups excluding carboxylic acids is 1. The Morgan fingerprint density at radius 1 is 1.38 bits per heavy atom. The van der Waals surface area contributed by atoms with Gasteiger partial charge in [0.2, 0.25) is 0 Å². The molecule has 0 bridgehead atoms. The molecule has 0 aliphatic rings. The quantitative estimate of drug-likeness (QED) is 0.674. The molecule has 7 nitrogen and oxygen atoms in total. The zero-order valence-corrected chi connectivity index (χ0v) is 12.6. The minimum atomic E-state index is -0.549. The Labute approximate surface area is 128 Å². The molecule has 8 heteroatoms. The molecule has 2 rings (SSSR count). The summed E-state index contributed by atoms with van der Waals surface area (Å²) in [5.41, 5.74) is 1.43. The number of hydrogen-bond acceptors (Lipinski definition) is 5. The van der Waals surface area contributed by atoms with Gasteiger partial charge in [0, 0.05) is 12.3 Å². The summed E-state index contributed by atoms with van der Waals surface area (Å²) in [7, 11) is 0. The largest absolute Gasteiger partial charge is 0.346 e. The molecule has 1 aromatic heterocycles. The van der Waals surface area contributed by atoms with Crippen LogP contribution in [0.25, 0.3) is 0 Å². The minimum Gasteiger partial charge on any atom is -0.346 e. The second-order valence-corrected chi connectivity index (χ2v) is 5.02. The molecule has 0 spiro atoms. The summed E-state index contributed by atoms with van der Waals surface area (Å²) in [6.45, 7) is 2.01. The van der Waals surface area contributed by atoms with Crippen LogP contribution in [-0.4, -0.2) is 20.8 Å². The SMILES string of the molecule is Cc1cnc(CNC(=O)c2cccc([N+](=O)[O-])c2Br)cn1. The first-order valence-corrected chi connectivity index (χ1v) is 6.77. The first-order chi connectivity index (χ1) is 9.99. The van der Waals surface area contributed by atoms with Gasteiger partial charge in [0.25, 0.3) is 11.6 Å². The van der Waals surface area contributed by atoms with Gasteiger partial charge in [-0.1, -0.05) is 6.07 Å². The molecule has 0 atom stereocenters. The Kier molecular flexibility index (Phi) is 4.59. The lowest BCUT2D eigenvalue weighted by Crippen LogP contribution is -2.24. The second-order valence-electron chi connectivity index (χ2n) is 4.23. The van der Waals surface area contributed by atoms with Crippen molar-refractivity contribution in [2.24, 2.45) is 0 Å². The van der Waals surface area contributed by atoms with Crippen molar-refractivity contribution in [1.82, 2.24) is 15.3 Å². The average molecular weight is 351 g/mol. The van der Waals surface area contributed by atoms with Crippen molar-refractivity contribution in [1.29, 1.82) is 0 Å². The summed E-state index contributed by atoms with van der Waals surface area (Å²) in [6, 6.07) is 4.29. The van der Waals surface area contributed by atoms with Crippen LogP contribution in [0.3, 0.4) is 0 Å². The summed E-state index contributed by atoms with van der Waals surface area (Å²) < 4.78 is 0.155. The fraction of sp³-hybridized carbons (Fsp3) is 0.154. The molecule has 2 aromatic rings. The molecule has 0 unspecified atom stereocenters. The van der Waals surface area contributed by atoms with E-state index in [1.807, 2.05) is 6.92 Å². The Morgan fingerprint density at radius 2 is 2.14 bits per heavy atom. The third-order valence-electron chi connectivity index (χ3n) is 2.68. The first kappa shape index (κ1) is 15.0. The molecule has 0 aliphatic heterocycles. The van der Waals surface area contributed by atoms with Crippen molar-refractivity contribution >= 4 is 27.5 Å². The number of nitro groups is 1. The standard InChI is InChI=1S/C13H11BrN4O3/c1-8-5-16-9(6-15-8)7-17-13(19)10-3-2-4-11(12(10)14)18(20)21/h2-6H,7H2,1H3,(H,17,19). The highest BCUT2D eigenvalue weighted by Crippen LogP contribution is 2.28. The molecule has 21 heavy (non-hydrogen) atoms. The number of amides is 1. The van der Waals surface area contributed by atoms with Crippen LogP contribution in [0.2, 0.25) is 0 Å². The van der Waals surface area contributed by atoms with Crippen molar-refractivity contribution in [2.45, 2.75) is 13.5 Å². The normalized spacial score (nSPS) is 10.2. The lowest BCUT2D eigenvalue weighted by atomic mass is 10.2. The number of hydrogen-bond donors (Lipinski definition) is 1. The maximum Gasteiger partial charge on any atom is 0.284 e. The molecule has 1 N–H and O–H groups in total. The van der Waals surface area contributed by atoms with Crippen molar-refractivity contribution in [2.75, 3.05) is 0 Å². The van der Waals surface area contributed by atoms with E-state index in [1.54, 1.807) is 12.4 Å². The molecule has 108 valence electrons. The summed E-state index contributed by atoms with van der Waals surface area (Å²) in [6.07, 6.45) is 3.17. The summed E-state index contributed by atoms with van der Waals surface area (Å²) >= 11 is 3.09. The van der Waals surface area contributed by atoms with Crippen LogP contribution >= 0.6 is 15.9 Å². The third kappa shape index (κ3) is 3.60. The molecule has 1 amide bonds. The van der Waals surface area contributed by atoms with Gasteiger partial charge in [-0.05, 0) is 28.9 Å². The van der Waals surface area contributed by atoms with Gasteiger partial charge in [0.05, 0.1) is 34.6 Å². The van der Waals surface area contributed by atoms with E-state index in [4.69, 9.17) is 0 Å². The highest BCUT2D eigenvalue weighted by Gasteiger charge is 2.19. The van der Waals surface area contributed by atoms with Crippen LogP contribution < -0.4 is 5.32 Å². The predicted molar refractivity (Wildman–Crippen MR) is 78.7 cm³/mol. The van der Waals surface area contributed by atoms with E-state index in [-0.39, 0.29) is 22.3 Å². The number of nitrogens with one attached hydrogen (secondary N) is 1. The zero-order chi connectivity index (χ0) is 15.4. The Morgan fingerprint density at radius 3 is 2.76 bits per heavy atom. The number of nitrogens with zero attached hydrogens (tertiary/aromatic N) is 3. The van der Waals surface area contributed by atoms with Crippen molar-refractivity contribution in [3.05, 3.63) is 62.1 Å². The maximum atomic E-state index is 12.1. The van der Waals surface area contributed by atoms with Crippen molar-refractivity contribution in [3.63, 3.8) is 0 Å². The minimum absolute atomic E-state index is 0.155. The van der Waals surface area contributed by atoms with E-state index in [2.05, 4.69) is 31.2 Å². The van der Waals surface area contributed by atoms with E-state index >= 15 is 0 Å². The number of aryl methyl sites for hydroxylation is 1. The van der Waals surface area contributed by atoms with E-state index in [0.29, 0.717) is 5.69 Å². The van der Waals surface area contributed by atoms with Crippen LogP contribution in [0.1, 0.15) is 21.7 Å². The Bertz CT molecular complexity index is 688. The van der Waals surface area contributed by atoms with Crippen molar-refractivity contribution < 1.29 is 9.72 Å². The number of benzene rings is 1. The van der Waals surface area contributed by atoms with E-state index in [1.165, 1.54) is 18.2 Å². The lowest BCUT2D eigenvalue weighted by molar-refractivity contribution is -0.385. The number of carbonyl (C=O) groups is 1. The van der Waals surface area contributed by atoms with Gasteiger partial charge >= 0.3 is 0 Å². The van der Waals surface area contributed by atoms with Gasteiger partial charge in [-0.25, -0.2) is 0 Å². The fourth-order valence-corrected chi connectivity index (χ4v) is 2.20. The maximum absolute atomic E-state index is 12.1. The summed E-state index contributed by atoms with van der Waals surface area (Å²) in [5, 5.41) is 13.5. The van der Waals surface area contributed by atoms with Gasteiger partial charge in [0.15, 0.2) is 0 Å². The van der Waals surface area contributed by atoms with Gasteiger partial charge in [-0.3, -0.25) is 24.9 Å². The van der Waals surface area contributed by atoms with Crippen LogP contribution in [0.15, 0.2) is 35.1 Å². The predicted octanol–water partition coefficient (Wildman–Crippen LogP) is 2.39. The number of halogens is 1. The molecule has 1 heterocycles. The Hall–Kier alpha value is -2.35. The third-order valence-corrected chi connectivity index (χ3v) is 3.52. The van der Waals surface area contributed by atoms with E-state index in [0.717, 1.165) is 5.69 Å². The van der Waals surface area contributed by atoms with E-state index < -0.39 is 10.8 Å². The molecule has 0 saturated heterocycles. The molecule has 0 aliphatic carbocycles. The smallest absolute Gasteiger partial charge is 0.284 e. The average Bonchev–Trinajstić information content (AvgIpc) is 2.46. The zero-order valence-electron chi connectivity index (χ0n) is 11.0. The monoisotopic (exact) mass is 350 g/mol. The van der Waals surface area contributed by atoms with Gasteiger partial charge < -0.3 is 5.32 Å². The van der Waals surface area contributed by atoms with Crippen molar-refractivity contribution in [3.8, 4) is 0 Å². The van der Waals surface area contributed by atoms with E-state index in [9.17, 15) is 14.9 Å². The highest BCUT2D eigenvalue weighted by atomic mass is 79.9. The van der Waals surface area contributed by atoms with Gasteiger partial charge in [-0.15, -0.1) is 0 Å².